The first-order valence-electron chi connectivity index (χ1n) is 12.6. The third kappa shape index (κ3) is 5.62. The van der Waals surface area contributed by atoms with Gasteiger partial charge in [0.25, 0.3) is 11.8 Å². The lowest BCUT2D eigenvalue weighted by Gasteiger charge is -2.39. The van der Waals surface area contributed by atoms with Gasteiger partial charge in [0.05, 0.1) is 0 Å². The zero-order valence-corrected chi connectivity index (χ0v) is 21.7. The fraction of sp³-hybridized carbons (Fsp3) is 0.321. The Bertz CT molecular complexity index is 1420. The molecular weight excluding hydrogens is 552 g/mol. The second-order valence-electron chi connectivity index (χ2n) is 9.88. The van der Waals surface area contributed by atoms with Gasteiger partial charge in [-0.3, -0.25) is 14.5 Å². The second kappa shape index (κ2) is 11.1. The number of benzene rings is 2. The zero-order chi connectivity index (χ0) is 28.6. The molecule has 210 valence electrons. The first kappa shape index (κ1) is 27.9. The quantitative estimate of drug-likeness (QED) is 0.306. The summed E-state index contributed by atoms with van der Waals surface area (Å²) in [6.45, 7) is 0. The number of amides is 2. The summed E-state index contributed by atoms with van der Waals surface area (Å²) in [6.07, 6.45) is -2.07. The van der Waals surface area contributed by atoms with E-state index in [0.717, 1.165) is 23.1 Å². The molecule has 2 aliphatic rings. The largest absolute Gasteiger partial charge is 0.374 e. The number of pyridine rings is 1. The van der Waals surface area contributed by atoms with Crippen molar-refractivity contribution in [3.63, 3.8) is 0 Å². The molecule has 1 aliphatic heterocycles. The van der Waals surface area contributed by atoms with Crippen LogP contribution in [0.3, 0.4) is 0 Å². The predicted molar refractivity (Wildman–Crippen MR) is 140 cm³/mol. The minimum absolute atomic E-state index is 0.00186. The van der Waals surface area contributed by atoms with Crippen LogP contribution in [0.2, 0.25) is 5.02 Å². The van der Waals surface area contributed by atoms with Gasteiger partial charge in [-0.1, -0.05) is 41.9 Å². The fourth-order valence-corrected chi connectivity index (χ4v) is 5.46. The van der Waals surface area contributed by atoms with Gasteiger partial charge in [-0.25, -0.2) is 18.2 Å². The molecule has 1 unspecified atom stereocenters. The van der Waals surface area contributed by atoms with Crippen LogP contribution in [0.25, 0.3) is 0 Å². The second-order valence-corrected chi connectivity index (χ2v) is 10.3. The molecule has 0 spiro atoms. The summed E-state index contributed by atoms with van der Waals surface area (Å²) < 4.78 is 55.6. The van der Waals surface area contributed by atoms with Crippen molar-refractivity contribution < 1.29 is 32.3 Å². The van der Waals surface area contributed by atoms with E-state index in [1.807, 2.05) is 0 Å². The summed E-state index contributed by atoms with van der Waals surface area (Å²) in [5.41, 5.74) is 0.178. The average Bonchev–Trinajstić information content (AvgIpc) is 3.27. The van der Waals surface area contributed by atoms with Gasteiger partial charge in [0.15, 0.2) is 0 Å². The monoisotopic (exact) mass is 576 g/mol. The number of halogens is 5. The third-order valence-corrected chi connectivity index (χ3v) is 7.42. The van der Waals surface area contributed by atoms with Crippen molar-refractivity contribution in [2.24, 2.45) is 0 Å². The Balaban J connectivity index is 1.60. The minimum atomic E-state index is -2.91. The van der Waals surface area contributed by atoms with Gasteiger partial charge in [0, 0.05) is 35.2 Å². The van der Waals surface area contributed by atoms with Crippen LogP contribution in [0.15, 0.2) is 66.7 Å². The van der Waals surface area contributed by atoms with E-state index in [4.69, 9.17) is 11.6 Å². The van der Waals surface area contributed by atoms with Gasteiger partial charge >= 0.3 is 0 Å². The van der Waals surface area contributed by atoms with E-state index < -0.39 is 66.7 Å². The smallest absolute Gasteiger partial charge is 0.252 e. The van der Waals surface area contributed by atoms with Crippen LogP contribution in [0.1, 0.15) is 37.3 Å². The lowest BCUT2D eigenvalue weighted by Crippen LogP contribution is -2.56. The van der Waals surface area contributed by atoms with Crippen molar-refractivity contribution >= 4 is 34.9 Å². The maximum atomic E-state index is 14.5. The van der Waals surface area contributed by atoms with E-state index in [-0.39, 0.29) is 34.9 Å². The molecule has 2 aromatic carbocycles. The fourth-order valence-electron chi connectivity index (χ4n) is 5.22. The number of anilines is 2. The zero-order valence-electron chi connectivity index (χ0n) is 21.0. The van der Waals surface area contributed by atoms with E-state index in [1.165, 1.54) is 41.3 Å². The highest BCUT2D eigenvalue weighted by atomic mass is 35.5. The molecule has 7 nitrogen and oxygen atoms in total. The van der Waals surface area contributed by atoms with Crippen LogP contribution >= 0.6 is 11.6 Å². The number of aliphatic hydroxyl groups is 1. The third-order valence-electron chi connectivity index (χ3n) is 7.07. The summed E-state index contributed by atoms with van der Waals surface area (Å²) in [5.74, 6) is -5.95. The summed E-state index contributed by atoms with van der Waals surface area (Å²) in [4.78, 5) is 34.2. The van der Waals surface area contributed by atoms with E-state index in [9.17, 15) is 32.3 Å². The highest BCUT2D eigenvalue weighted by molar-refractivity contribution is 6.31. The molecule has 2 fully saturated rings. The molecule has 2 amide bonds. The van der Waals surface area contributed by atoms with Crippen molar-refractivity contribution in [1.29, 1.82) is 0 Å². The van der Waals surface area contributed by atoms with Crippen LogP contribution in [0.4, 0.5) is 29.1 Å². The van der Waals surface area contributed by atoms with Gasteiger partial charge in [-0.05, 0) is 49.2 Å². The van der Waals surface area contributed by atoms with Crippen LogP contribution in [-0.2, 0) is 9.59 Å². The van der Waals surface area contributed by atoms with E-state index in [2.05, 4.69) is 10.3 Å². The number of nitrogens with zero attached hydrogens (tertiary/aromatic N) is 3. The van der Waals surface area contributed by atoms with Gasteiger partial charge in [-0.2, -0.15) is 4.39 Å². The van der Waals surface area contributed by atoms with Crippen molar-refractivity contribution in [2.75, 3.05) is 9.80 Å². The minimum Gasteiger partial charge on any atom is -0.374 e. The molecule has 3 atom stereocenters. The summed E-state index contributed by atoms with van der Waals surface area (Å²) in [5, 5.41) is 13.4. The molecule has 1 saturated heterocycles. The maximum absolute atomic E-state index is 14.5. The molecule has 0 bridgehead atoms. The Hall–Kier alpha value is -3.70. The number of hydrogen-bond donors (Lipinski definition) is 2. The molecule has 1 aromatic heterocycles. The molecule has 40 heavy (non-hydrogen) atoms. The maximum Gasteiger partial charge on any atom is 0.252 e. The molecule has 2 heterocycles. The van der Waals surface area contributed by atoms with Gasteiger partial charge < -0.3 is 15.3 Å². The molecule has 1 saturated carbocycles. The Kier molecular flexibility index (Phi) is 7.70. The molecular formula is C28H25ClF4N4O3. The lowest BCUT2D eigenvalue weighted by molar-refractivity contribution is -0.133. The molecule has 3 aromatic rings. The highest BCUT2D eigenvalue weighted by Gasteiger charge is 2.48. The summed E-state index contributed by atoms with van der Waals surface area (Å²) >= 11 is 6.47. The Labute approximate surface area is 232 Å². The number of rotatable bonds is 7. The molecule has 0 radical (unpaired) electrons. The van der Waals surface area contributed by atoms with Crippen molar-refractivity contribution in [1.82, 2.24) is 10.3 Å². The number of aromatic nitrogens is 1. The summed E-state index contributed by atoms with van der Waals surface area (Å²) in [6, 6.07) is 11.7. The standard InChI is InChI=1S/C28H25ClF4N4O3/c29-20-8-2-1-7-19(20)25(26(39)34-17-14-28(32,33)15-17)36(18-6-3-5-16(30)13-18)27(40)21-11-12-24(38)37(21)23-10-4-9-22(31)35-23/h1-10,13,17,21,24-25,38H,11-12,14-15H2,(H,34,39)/t21-,24?,25-/m0/s1. The number of hydrogen-bond acceptors (Lipinski definition) is 5. The van der Waals surface area contributed by atoms with Crippen LogP contribution < -0.4 is 15.1 Å². The van der Waals surface area contributed by atoms with Crippen LogP contribution in [0.5, 0.6) is 0 Å². The number of carbonyl (C=O) groups excluding carboxylic acids is 2. The van der Waals surface area contributed by atoms with Crippen molar-refractivity contribution in [3.8, 4) is 0 Å². The van der Waals surface area contributed by atoms with Gasteiger partial charge in [0.2, 0.25) is 11.9 Å². The van der Waals surface area contributed by atoms with Gasteiger partial charge in [0.1, 0.15) is 29.9 Å². The SMILES string of the molecule is O=C(NC1CC(F)(F)C1)[C@H](c1ccccc1Cl)N(C(=O)[C@@H]1CCC(O)N1c1cccc(F)n1)c1cccc(F)c1. The molecule has 2 N–H and O–H groups in total. The van der Waals surface area contributed by atoms with Crippen molar-refractivity contribution in [3.05, 3.63) is 89.1 Å². The lowest BCUT2D eigenvalue weighted by atomic mass is 9.87. The van der Waals surface area contributed by atoms with Crippen LogP contribution in [0, 0.1) is 11.8 Å². The topological polar surface area (TPSA) is 85.8 Å². The number of alkyl halides is 2. The summed E-state index contributed by atoms with van der Waals surface area (Å²) in [7, 11) is 0. The van der Waals surface area contributed by atoms with E-state index in [1.54, 1.807) is 12.1 Å². The Morgan fingerprint density at radius 1 is 1.05 bits per heavy atom. The number of carbonyl (C=O) groups is 2. The average molecular weight is 577 g/mol. The van der Waals surface area contributed by atoms with E-state index >= 15 is 0 Å². The highest BCUT2D eigenvalue weighted by Crippen LogP contribution is 2.40. The molecule has 12 heteroatoms. The van der Waals surface area contributed by atoms with E-state index in [0.29, 0.717) is 0 Å². The molecule has 5 rings (SSSR count). The van der Waals surface area contributed by atoms with Crippen LogP contribution in [-0.4, -0.2) is 46.1 Å². The molecule has 1 aliphatic carbocycles. The first-order valence-corrected chi connectivity index (χ1v) is 13.0. The number of nitrogens with one attached hydrogen (secondary N) is 1. The normalized spacial score (nSPS) is 21.0. The number of aliphatic hydroxyl groups excluding tert-OH is 1. The Morgan fingerprint density at radius 2 is 1.77 bits per heavy atom. The predicted octanol–water partition coefficient (Wildman–Crippen LogP) is 4.99. The van der Waals surface area contributed by atoms with Crippen molar-refractivity contribution in [2.45, 2.75) is 56.0 Å². The first-order chi connectivity index (χ1) is 19.0. The van der Waals surface area contributed by atoms with Gasteiger partial charge in [-0.15, -0.1) is 0 Å². The Morgan fingerprint density at radius 3 is 2.45 bits per heavy atom.